The molecular weight excluding hydrogens is 377 g/mol. The molecule has 3 rings (SSSR count). The quantitative estimate of drug-likeness (QED) is 0.341. The molecule has 1 aliphatic heterocycles. The van der Waals surface area contributed by atoms with Crippen molar-refractivity contribution in [2.24, 2.45) is 0 Å². The fraction of sp³-hybridized carbons (Fsp3) is 0.478. The van der Waals surface area contributed by atoms with Crippen molar-refractivity contribution in [1.82, 2.24) is 0 Å². The van der Waals surface area contributed by atoms with E-state index in [1.54, 1.807) is 12.1 Å². The lowest BCUT2D eigenvalue weighted by atomic mass is 9.91. The number of alkyl halides is 3. The third-order valence-electron chi connectivity index (χ3n) is 5.85. The third kappa shape index (κ3) is 5.87. The lowest BCUT2D eigenvalue weighted by molar-refractivity contribution is -0.274. The first kappa shape index (κ1) is 21.0. The van der Waals surface area contributed by atoms with Gasteiger partial charge in [-0.1, -0.05) is 86.8 Å². The Kier molecular flexibility index (Phi) is 7.22. The van der Waals surface area contributed by atoms with Gasteiger partial charge < -0.3 is 4.74 Å². The van der Waals surface area contributed by atoms with Gasteiger partial charge in [-0.05, 0) is 36.0 Å². The minimum absolute atomic E-state index is 0.0847. The van der Waals surface area contributed by atoms with E-state index in [1.165, 1.54) is 37.4 Å². The molecule has 152 valence electrons. The summed E-state index contributed by atoms with van der Waals surface area (Å²) < 4.78 is 43.4. The fourth-order valence-corrected chi connectivity index (χ4v) is 7.81. The molecule has 1 heterocycles. The minimum atomic E-state index is -4.69. The Morgan fingerprint density at radius 3 is 2.36 bits per heavy atom. The van der Waals surface area contributed by atoms with Crippen molar-refractivity contribution in [1.29, 1.82) is 0 Å². The van der Waals surface area contributed by atoms with E-state index < -0.39 is 15.2 Å². The van der Waals surface area contributed by atoms with Crippen LogP contribution in [0.5, 0.6) is 5.75 Å². The molecule has 0 aromatic heterocycles. The van der Waals surface area contributed by atoms with Crippen LogP contribution in [0.3, 0.4) is 0 Å². The van der Waals surface area contributed by atoms with Crippen molar-refractivity contribution in [3.05, 3.63) is 54.1 Å². The highest BCUT2D eigenvalue weighted by Gasteiger charge is 2.33. The molecule has 2 aromatic rings. The predicted octanol–water partition coefficient (Wildman–Crippen LogP) is 7.55. The van der Waals surface area contributed by atoms with Crippen molar-refractivity contribution in [2.45, 2.75) is 69.4 Å². The van der Waals surface area contributed by atoms with Crippen LogP contribution in [0.25, 0.3) is 11.1 Å². The summed E-state index contributed by atoms with van der Waals surface area (Å²) >= 11 is 0. The van der Waals surface area contributed by atoms with Crippen molar-refractivity contribution in [3.8, 4) is 16.9 Å². The molecule has 0 atom stereocenters. The Morgan fingerprint density at radius 2 is 1.71 bits per heavy atom. The van der Waals surface area contributed by atoms with Gasteiger partial charge in [0.2, 0.25) is 0 Å². The summed E-state index contributed by atoms with van der Waals surface area (Å²) in [5, 5.41) is 0. The van der Waals surface area contributed by atoms with Crippen LogP contribution >= 0.6 is 0 Å². The molecule has 0 aliphatic carbocycles. The molecular formula is C23H29F3OSi. The summed E-state index contributed by atoms with van der Waals surface area (Å²) in [5.74, 6) is 0.272. The molecule has 5 heteroatoms. The van der Waals surface area contributed by atoms with E-state index in [2.05, 4.69) is 11.7 Å². The van der Waals surface area contributed by atoms with Crippen LogP contribution in [0.2, 0.25) is 18.1 Å². The monoisotopic (exact) mass is 406 g/mol. The summed E-state index contributed by atoms with van der Waals surface area (Å²) in [4.78, 5) is 0. The Bertz CT molecular complexity index is 737. The Hall–Kier alpha value is -1.75. The Labute approximate surface area is 167 Å². The van der Waals surface area contributed by atoms with E-state index in [1.807, 2.05) is 36.4 Å². The predicted molar refractivity (Wildman–Crippen MR) is 112 cm³/mol. The lowest BCUT2D eigenvalue weighted by Crippen LogP contribution is -2.21. The van der Waals surface area contributed by atoms with Crippen molar-refractivity contribution >= 4 is 8.80 Å². The van der Waals surface area contributed by atoms with Crippen molar-refractivity contribution < 1.29 is 17.9 Å². The second-order valence-corrected chi connectivity index (χ2v) is 11.3. The highest BCUT2D eigenvalue weighted by atomic mass is 28.3. The maximum Gasteiger partial charge on any atom is 0.573 e. The van der Waals surface area contributed by atoms with Gasteiger partial charge in [0.05, 0.1) is 0 Å². The minimum Gasteiger partial charge on any atom is -0.405 e. The first-order chi connectivity index (χ1) is 13.5. The number of hydrogen-bond donors (Lipinski definition) is 0. The number of hydrogen-bond acceptors (Lipinski definition) is 1. The normalized spacial score (nSPS) is 20.1. The van der Waals surface area contributed by atoms with Gasteiger partial charge >= 0.3 is 6.36 Å². The molecule has 1 nitrogen and oxygen atoms in total. The van der Waals surface area contributed by atoms with E-state index in [9.17, 15) is 13.2 Å². The highest BCUT2D eigenvalue weighted by molar-refractivity contribution is 6.59. The zero-order valence-electron chi connectivity index (χ0n) is 16.5. The van der Waals surface area contributed by atoms with Gasteiger partial charge in [0, 0.05) is 14.4 Å². The van der Waals surface area contributed by atoms with Crippen LogP contribution < -0.4 is 4.74 Å². The van der Waals surface area contributed by atoms with Gasteiger partial charge in [0.15, 0.2) is 0 Å². The van der Waals surface area contributed by atoms with Crippen molar-refractivity contribution in [3.63, 3.8) is 0 Å². The molecule has 1 fully saturated rings. The molecule has 1 aliphatic rings. The van der Waals surface area contributed by atoms with E-state index in [0.29, 0.717) is 11.5 Å². The molecule has 1 saturated heterocycles. The van der Waals surface area contributed by atoms with Crippen LogP contribution in [0, 0.1) is 0 Å². The third-order valence-corrected chi connectivity index (χ3v) is 9.37. The molecule has 0 bridgehead atoms. The number of rotatable bonds is 7. The zero-order chi connectivity index (χ0) is 20.0. The standard InChI is InChI=1S/C23H29F3OSi/c1-2-3-7-14-28-15-12-18(13-16-28)20-10-11-21(19-8-5-4-6-9-19)22(17-20)27-23(24,25)26/h4-6,8-11,17-18,28H,2-3,7,12-16H2,1H3/t18-,28-. The second kappa shape index (κ2) is 9.64. The molecule has 0 unspecified atom stereocenters. The van der Waals surface area contributed by atoms with Crippen LogP contribution in [-0.4, -0.2) is 15.2 Å². The Balaban J connectivity index is 1.75. The average molecular weight is 407 g/mol. The van der Waals surface area contributed by atoms with E-state index in [-0.39, 0.29) is 5.75 Å². The first-order valence-corrected chi connectivity index (χ1v) is 12.9. The molecule has 0 amide bonds. The smallest absolute Gasteiger partial charge is 0.405 e. The van der Waals surface area contributed by atoms with Crippen LogP contribution in [0.4, 0.5) is 13.2 Å². The van der Waals surface area contributed by atoms with Gasteiger partial charge in [-0.3, -0.25) is 0 Å². The van der Waals surface area contributed by atoms with Crippen LogP contribution in [-0.2, 0) is 0 Å². The van der Waals surface area contributed by atoms with Gasteiger partial charge in [-0.15, -0.1) is 13.2 Å². The maximum atomic E-state index is 13.0. The lowest BCUT2D eigenvalue weighted by Gasteiger charge is -2.28. The second-order valence-electron chi connectivity index (χ2n) is 7.88. The van der Waals surface area contributed by atoms with Gasteiger partial charge in [-0.2, -0.15) is 0 Å². The average Bonchev–Trinajstić information content (AvgIpc) is 2.68. The number of ether oxygens (including phenoxy) is 1. The van der Waals surface area contributed by atoms with E-state index in [4.69, 9.17) is 0 Å². The van der Waals surface area contributed by atoms with Crippen LogP contribution in [0.1, 0.15) is 50.5 Å². The molecule has 0 N–H and O–H groups in total. The SMILES string of the molecule is CCCCC[Si@H]1CC[C@H](c2ccc(-c3ccccc3)c(OC(F)(F)F)c2)CC1. The zero-order valence-corrected chi connectivity index (χ0v) is 17.6. The largest absolute Gasteiger partial charge is 0.573 e. The number of benzene rings is 2. The van der Waals surface area contributed by atoms with Gasteiger partial charge in [0.25, 0.3) is 0 Å². The van der Waals surface area contributed by atoms with E-state index >= 15 is 0 Å². The maximum absolute atomic E-state index is 13.0. The summed E-state index contributed by atoms with van der Waals surface area (Å²) in [6, 6.07) is 18.6. The van der Waals surface area contributed by atoms with Crippen LogP contribution in [0.15, 0.2) is 48.5 Å². The molecule has 0 saturated carbocycles. The molecule has 0 spiro atoms. The summed E-state index contributed by atoms with van der Waals surface area (Å²) in [7, 11) is -0.637. The van der Waals surface area contributed by atoms with Gasteiger partial charge in [0.1, 0.15) is 5.75 Å². The summed E-state index contributed by atoms with van der Waals surface area (Å²) in [6.45, 7) is 2.23. The molecule has 2 aromatic carbocycles. The molecule has 28 heavy (non-hydrogen) atoms. The molecule has 0 radical (unpaired) electrons. The van der Waals surface area contributed by atoms with Crippen molar-refractivity contribution in [2.75, 3.05) is 0 Å². The summed E-state index contributed by atoms with van der Waals surface area (Å²) in [5.41, 5.74) is 2.21. The Morgan fingerprint density at radius 1 is 1.00 bits per heavy atom. The topological polar surface area (TPSA) is 9.23 Å². The fourth-order valence-electron chi connectivity index (χ4n) is 4.33. The highest BCUT2D eigenvalue weighted by Crippen LogP contribution is 2.40. The first-order valence-electron chi connectivity index (χ1n) is 10.4. The van der Waals surface area contributed by atoms with Gasteiger partial charge in [-0.25, -0.2) is 0 Å². The van der Waals surface area contributed by atoms with E-state index in [0.717, 1.165) is 24.0 Å². The number of unbranched alkanes of at least 4 members (excludes halogenated alkanes) is 2. The number of halogens is 3. The summed E-state index contributed by atoms with van der Waals surface area (Å²) in [6.07, 6.45) is 1.48.